The molecule has 0 aliphatic carbocycles. The van der Waals surface area contributed by atoms with E-state index in [0.29, 0.717) is 11.3 Å². The van der Waals surface area contributed by atoms with E-state index >= 15 is 0 Å². The molecule has 2 aromatic heterocycles. The van der Waals surface area contributed by atoms with Gasteiger partial charge < -0.3 is 19.5 Å². The first-order valence-electron chi connectivity index (χ1n) is 9.28. The Balaban J connectivity index is 2.13. The zero-order valence-electron chi connectivity index (χ0n) is 17.4. The summed E-state index contributed by atoms with van der Waals surface area (Å²) in [7, 11) is 0. The molecule has 0 spiro atoms. The number of carbonyl (C=O) groups is 1. The Kier molecular flexibility index (Phi) is 7.28. The summed E-state index contributed by atoms with van der Waals surface area (Å²) in [5.41, 5.74) is -0.732. The van der Waals surface area contributed by atoms with Crippen LogP contribution in [0.2, 0.25) is 0 Å². The monoisotopic (exact) mass is 425 g/mol. The highest BCUT2D eigenvalue weighted by atomic mass is 32.2. The SMILES string of the molecule is CC[C@H](C)[C@H](NC(=O)OC(C)(C)C)c1nnc(SCc2c(C)[nH]c(=O)[nH]c2=O)o1. The Bertz CT molecular complexity index is 959. The van der Waals surface area contributed by atoms with Crippen molar-refractivity contribution in [2.75, 3.05) is 0 Å². The predicted molar refractivity (Wildman–Crippen MR) is 108 cm³/mol. The summed E-state index contributed by atoms with van der Waals surface area (Å²) < 4.78 is 11.0. The van der Waals surface area contributed by atoms with Gasteiger partial charge in [0.1, 0.15) is 11.6 Å². The van der Waals surface area contributed by atoms with Crippen molar-refractivity contribution >= 4 is 17.9 Å². The van der Waals surface area contributed by atoms with Gasteiger partial charge in [0.25, 0.3) is 10.8 Å². The summed E-state index contributed by atoms with van der Waals surface area (Å²) in [6.07, 6.45) is 0.211. The number of aryl methyl sites for hydroxylation is 1. The van der Waals surface area contributed by atoms with Crippen LogP contribution in [-0.4, -0.2) is 31.9 Å². The minimum Gasteiger partial charge on any atom is -0.444 e. The van der Waals surface area contributed by atoms with E-state index in [9.17, 15) is 14.4 Å². The van der Waals surface area contributed by atoms with Gasteiger partial charge in [-0.2, -0.15) is 0 Å². The van der Waals surface area contributed by atoms with Crippen molar-refractivity contribution in [1.82, 2.24) is 25.5 Å². The van der Waals surface area contributed by atoms with Crippen LogP contribution in [0.15, 0.2) is 19.2 Å². The Morgan fingerprint density at radius 1 is 1.28 bits per heavy atom. The zero-order chi connectivity index (χ0) is 21.8. The Morgan fingerprint density at radius 3 is 2.55 bits per heavy atom. The maximum atomic E-state index is 12.2. The lowest BCUT2D eigenvalue weighted by Crippen LogP contribution is -2.37. The van der Waals surface area contributed by atoms with Crippen molar-refractivity contribution in [3.05, 3.63) is 38.0 Å². The van der Waals surface area contributed by atoms with Crippen LogP contribution in [0.4, 0.5) is 4.79 Å². The van der Waals surface area contributed by atoms with Gasteiger partial charge in [0.2, 0.25) is 5.89 Å². The Hall–Kier alpha value is -2.56. The van der Waals surface area contributed by atoms with Gasteiger partial charge in [0.15, 0.2) is 0 Å². The van der Waals surface area contributed by atoms with Crippen molar-refractivity contribution in [1.29, 1.82) is 0 Å². The zero-order valence-corrected chi connectivity index (χ0v) is 18.2. The van der Waals surface area contributed by atoms with E-state index in [2.05, 4.69) is 25.5 Å². The number of hydrogen-bond acceptors (Lipinski definition) is 8. The molecule has 10 nitrogen and oxygen atoms in total. The summed E-state index contributed by atoms with van der Waals surface area (Å²) in [4.78, 5) is 40.2. The molecule has 0 radical (unpaired) electrons. The third-order valence-electron chi connectivity index (χ3n) is 4.17. The number of hydrogen-bond donors (Lipinski definition) is 3. The second-order valence-electron chi connectivity index (χ2n) is 7.72. The van der Waals surface area contributed by atoms with E-state index in [1.165, 1.54) is 11.8 Å². The van der Waals surface area contributed by atoms with Crippen LogP contribution in [0.1, 0.15) is 64.2 Å². The minimum absolute atomic E-state index is 0.0325. The number of aromatic nitrogens is 4. The molecule has 0 bridgehead atoms. The first kappa shape index (κ1) is 22.7. The fraction of sp³-hybridized carbons (Fsp3) is 0.611. The third kappa shape index (κ3) is 6.48. The van der Waals surface area contributed by atoms with E-state index in [4.69, 9.17) is 9.15 Å². The minimum atomic E-state index is -0.624. The standard InChI is InChI=1S/C18H27N5O5S/c1-7-9(2)12(20-16(26)28-18(4,5)6)14-22-23-17(27-14)29-8-11-10(3)19-15(25)21-13(11)24/h9,12H,7-8H2,1-6H3,(H,20,26)(H2,19,21,24,25)/t9-,12-/m0/s1. The molecule has 1 amide bonds. The lowest BCUT2D eigenvalue weighted by molar-refractivity contribution is 0.0473. The Labute approximate surface area is 172 Å². The van der Waals surface area contributed by atoms with Crippen molar-refractivity contribution in [3.8, 4) is 0 Å². The summed E-state index contributed by atoms with van der Waals surface area (Å²) >= 11 is 1.17. The summed E-state index contributed by atoms with van der Waals surface area (Å²) in [5.74, 6) is 0.539. The van der Waals surface area contributed by atoms with Crippen LogP contribution >= 0.6 is 11.8 Å². The van der Waals surface area contributed by atoms with E-state index < -0.39 is 29.0 Å². The first-order chi connectivity index (χ1) is 13.5. The molecule has 0 saturated heterocycles. The molecular weight excluding hydrogens is 398 g/mol. The molecule has 29 heavy (non-hydrogen) atoms. The summed E-state index contributed by atoms with van der Waals surface area (Å²) in [5, 5.41) is 11.1. The predicted octanol–water partition coefficient (Wildman–Crippen LogP) is 2.66. The molecule has 2 aromatic rings. The number of ether oxygens (including phenoxy) is 1. The largest absolute Gasteiger partial charge is 0.444 e. The fourth-order valence-corrected chi connectivity index (χ4v) is 3.31. The van der Waals surface area contributed by atoms with Crippen LogP contribution in [0.25, 0.3) is 0 Å². The van der Waals surface area contributed by atoms with Gasteiger partial charge in [-0.1, -0.05) is 32.0 Å². The second-order valence-corrected chi connectivity index (χ2v) is 8.64. The molecule has 2 atom stereocenters. The molecule has 0 saturated carbocycles. The maximum absolute atomic E-state index is 12.2. The van der Waals surface area contributed by atoms with E-state index in [1.807, 2.05) is 13.8 Å². The highest BCUT2D eigenvalue weighted by molar-refractivity contribution is 7.98. The number of rotatable bonds is 7. The first-order valence-corrected chi connectivity index (χ1v) is 10.3. The number of nitrogens with zero attached hydrogens (tertiary/aromatic N) is 2. The fourth-order valence-electron chi connectivity index (χ4n) is 2.46. The van der Waals surface area contributed by atoms with Crippen LogP contribution in [0.3, 0.4) is 0 Å². The third-order valence-corrected chi connectivity index (χ3v) is 5.01. The maximum Gasteiger partial charge on any atom is 0.408 e. The van der Waals surface area contributed by atoms with Gasteiger partial charge in [-0.05, 0) is 33.6 Å². The van der Waals surface area contributed by atoms with Gasteiger partial charge in [-0.25, -0.2) is 9.59 Å². The topological polar surface area (TPSA) is 143 Å². The number of H-pyrrole nitrogens is 2. The van der Waals surface area contributed by atoms with Crippen LogP contribution in [0, 0.1) is 12.8 Å². The highest BCUT2D eigenvalue weighted by Gasteiger charge is 2.28. The van der Waals surface area contributed by atoms with E-state index in [0.717, 1.165) is 6.42 Å². The van der Waals surface area contributed by atoms with Gasteiger partial charge in [0, 0.05) is 17.0 Å². The molecule has 0 aromatic carbocycles. The van der Waals surface area contributed by atoms with Gasteiger partial charge in [-0.3, -0.25) is 9.78 Å². The molecule has 0 fully saturated rings. The molecule has 11 heteroatoms. The molecule has 2 rings (SSSR count). The van der Waals surface area contributed by atoms with Crippen LogP contribution in [0.5, 0.6) is 0 Å². The molecule has 0 aliphatic heterocycles. The number of thioether (sulfide) groups is 1. The van der Waals surface area contributed by atoms with E-state index in [-0.39, 0.29) is 22.8 Å². The highest BCUT2D eigenvalue weighted by Crippen LogP contribution is 2.28. The molecule has 0 aliphatic rings. The molecule has 160 valence electrons. The quantitative estimate of drug-likeness (QED) is 0.575. The normalized spacial score (nSPS) is 13.7. The summed E-state index contributed by atoms with van der Waals surface area (Å²) in [6.45, 7) is 11.0. The van der Waals surface area contributed by atoms with Crippen molar-refractivity contribution in [2.24, 2.45) is 5.92 Å². The van der Waals surface area contributed by atoms with Gasteiger partial charge >= 0.3 is 11.8 Å². The number of carbonyl (C=O) groups excluding carboxylic acids is 1. The van der Waals surface area contributed by atoms with Gasteiger partial charge in [0.05, 0.1) is 0 Å². The number of amides is 1. The lowest BCUT2D eigenvalue weighted by atomic mass is 9.99. The molecule has 0 unspecified atom stereocenters. The lowest BCUT2D eigenvalue weighted by Gasteiger charge is -2.24. The molecule has 2 heterocycles. The van der Waals surface area contributed by atoms with Crippen molar-refractivity contribution in [3.63, 3.8) is 0 Å². The number of alkyl carbamates (subject to hydrolysis) is 1. The average molecular weight is 426 g/mol. The smallest absolute Gasteiger partial charge is 0.408 e. The number of aromatic amines is 2. The molecular formula is C18H27N5O5S. The number of nitrogens with one attached hydrogen (secondary N) is 3. The van der Waals surface area contributed by atoms with Crippen molar-refractivity contribution in [2.45, 2.75) is 70.6 Å². The van der Waals surface area contributed by atoms with Crippen LogP contribution in [-0.2, 0) is 10.5 Å². The van der Waals surface area contributed by atoms with Crippen LogP contribution < -0.4 is 16.6 Å². The van der Waals surface area contributed by atoms with Crippen molar-refractivity contribution < 1.29 is 13.9 Å². The molecule has 3 N–H and O–H groups in total. The summed E-state index contributed by atoms with van der Waals surface area (Å²) in [6, 6.07) is -0.505. The second kappa shape index (κ2) is 9.29. The Morgan fingerprint density at radius 2 is 1.97 bits per heavy atom. The van der Waals surface area contributed by atoms with Gasteiger partial charge in [-0.15, -0.1) is 10.2 Å². The average Bonchev–Trinajstić information content (AvgIpc) is 3.05. The van der Waals surface area contributed by atoms with E-state index in [1.54, 1.807) is 27.7 Å².